The first-order valence-corrected chi connectivity index (χ1v) is 6.56. The lowest BCUT2D eigenvalue weighted by atomic mass is 9.80. The van der Waals surface area contributed by atoms with Gasteiger partial charge >= 0.3 is 13.2 Å². The van der Waals surface area contributed by atoms with Crippen molar-refractivity contribution >= 4 is 24.4 Å². The fourth-order valence-electron chi connectivity index (χ4n) is 1.94. The van der Waals surface area contributed by atoms with Crippen LogP contribution in [-0.2, 0) is 4.74 Å². The van der Waals surface area contributed by atoms with Crippen molar-refractivity contribution in [2.24, 2.45) is 0 Å². The molecule has 1 amide bonds. The smallest absolute Gasteiger partial charge is 0.450 e. The molecule has 1 heterocycles. The molecule has 1 unspecified atom stereocenters. The highest BCUT2D eigenvalue weighted by molar-refractivity contribution is 6.58. The van der Waals surface area contributed by atoms with Gasteiger partial charge in [-0.05, 0) is 38.4 Å². The first-order chi connectivity index (χ1) is 9.67. The monoisotopic (exact) mass is 294 g/mol. The number of hydrogen-bond acceptors (Lipinski definition) is 6. The van der Waals surface area contributed by atoms with Gasteiger partial charge in [0.2, 0.25) is 0 Å². The van der Waals surface area contributed by atoms with Crippen molar-refractivity contribution in [1.29, 1.82) is 0 Å². The minimum absolute atomic E-state index is 0.320. The van der Waals surface area contributed by atoms with Crippen molar-refractivity contribution in [2.75, 3.05) is 11.9 Å². The van der Waals surface area contributed by atoms with E-state index in [0.717, 1.165) is 5.69 Å². The molecule has 0 saturated carbocycles. The Balaban J connectivity index is 2.07. The molecule has 0 radical (unpaired) electrons. The molecule has 0 fully saturated rings. The van der Waals surface area contributed by atoms with E-state index in [1.165, 1.54) is 6.07 Å². The molecule has 8 heteroatoms. The summed E-state index contributed by atoms with van der Waals surface area (Å²) in [6, 6.07) is 4.80. The maximum Gasteiger partial charge on any atom is 0.488 e. The SMILES string of the molecule is CN1c2ccc(B(O)O)cc2OC1NC(=O)OC(C)(C)C. The average molecular weight is 294 g/mol. The molecule has 0 spiro atoms. The second-order valence-corrected chi connectivity index (χ2v) is 5.83. The molecule has 0 bridgehead atoms. The third-order valence-electron chi connectivity index (χ3n) is 2.89. The molecule has 2 rings (SSSR count). The number of ether oxygens (including phenoxy) is 2. The van der Waals surface area contributed by atoms with Gasteiger partial charge < -0.3 is 24.4 Å². The van der Waals surface area contributed by atoms with E-state index in [4.69, 9.17) is 19.5 Å². The average Bonchev–Trinajstić information content (AvgIpc) is 2.63. The number of nitrogens with zero attached hydrogens (tertiary/aromatic N) is 1. The topological polar surface area (TPSA) is 91.3 Å². The largest absolute Gasteiger partial charge is 0.488 e. The quantitative estimate of drug-likeness (QED) is 0.665. The van der Waals surface area contributed by atoms with Crippen molar-refractivity contribution in [1.82, 2.24) is 5.32 Å². The molecule has 1 aliphatic heterocycles. The maximum atomic E-state index is 11.8. The molecule has 114 valence electrons. The first kappa shape index (κ1) is 15.5. The van der Waals surface area contributed by atoms with Crippen LogP contribution in [0, 0.1) is 0 Å². The molecule has 0 aromatic heterocycles. The maximum absolute atomic E-state index is 11.8. The minimum Gasteiger partial charge on any atom is -0.450 e. The number of benzene rings is 1. The van der Waals surface area contributed by atoms with E-state index < -0.39 is 25.2 Å². The fraction of sp³-hybridized carbons (Fsp3) is 0.462. The number of anilines is 1. The lowest BCUT2D eigenvalue weighted by Crippen LogP contribution is -2.48. The number of nitrogens with one attached hydrogen (secondary N) is 1. The summed E-state index contributed by atoms with van der Waals surface area (Å²) < 4.78 is 10.8. The summed E-state index contributed by atoms with van der Waals surface area (Å²) in [4.78, 5) is 13.5. The molecule has 21 heavy (non-hydrogen) atoms. The molecular weight excluding hydrogens is 275 g/mol. The van der Waals surface area contributed by atoms with Gasteiger partial charge in [0.1, 0.15) is 11.4 Å². The van der Waals surface area contributed by atoms with Crippen molar-refractivity contribution in [3.8, 4) is 5.75 Å². The summed E-state index contributed by atoms with van der Waals surface area (Å²) in [6.07, 6.45) is -1.30. The van der Waals surface area contributed by atoms with Crippen LogP contribution in [0.4, 0.5) is 10.5 Å². The summed E-state index contributed by atoms with van der Waals surface area (Å²) in [5.74, 6) is 0.462. The highest BCUT2D eigenvalue weighted by atomic mass is 16.6. The Labute approximate surface area is 123 Å². The van der Waals surface area contributed by atoms with Gasteiger partial charge in [0.05, 0.1) is 5.69 Å². The fourth-order valence-corrected chi connectivity index (χ4v) is 1.94. The van der Waals surface area contributed by atoms with Crippen LogP contribution >= 0.6 is 0 Å². The second kappa shape index (κ2) is 5.46. The van der Waals surface area contributed by atoms with Crippen LogP contribution in [0.15, 0.2) is 18.2 Å². The number of carbonyl (C=O) groups is 1. The molecular formula is C13H19BN2O5. The number of amides is 1. The summed E-state index contributed by atoms with van der Waals surface area (Å²) in [5, 5.41) is 20.9. The molecule has 1 atom stereocenters. The Morgan fingerprint density at radius 3 is 2.67 bits per heavy atom. The number of hydrogen-bond donors (Lipinski definition) is 3. The number of fused-ring (bicyclic) bond motifs is 1. The zero-order valence-electron chi connectivity index (χ0n) is 12.5. The lowest BCUT2D eigenvalue weighted by Gasteiger charge is -2.24. The predicted molar refractivity (Wildman–Crippen MR) is 78.5 cm³/mol. The van der Waals surface area contributed by atoms with E-state index in [2.05, 4.69) is 5.32 Å². The van der Waals surface area contributed by atoms with Crippen LogP contribution in [-0.4, -0.2) is 42.3 Å². The number of carbonyl (C=O) groups excluding carboxylic acids is 1. The van der Waals surface area contributed by atoms with Gasteiger partial charge in [0.15, 0.2) is 0 Å². The van der Waals surface area contributed by atoms with E-state index in [9.17, 15) is 4.79 Å². The molecule has 1 aliphatic rings. The molecule has 0 aliphatic carbocycles. The van der Waals surface area contributed by atoms with Crippen LogP contribution in [0.1, 0.15) is 20.8 Å². The standard InChI is InChI=1S/C13H19BN2O5/c1-13(2,3)21-12(17)15-11-16(4)9-6-5-8(14(18)19)7-10(9)20-11/h5-7,11,18-19H,1-4H3,(H,15,17). The van der Waals surface area contributed by atoms with Gasteiger partial charge in [-0.25, -0.2) is 4.79 Å². The van der Waals surface area contributed by atoms with Crippen LogP contribution in [0.5, 0.6) is 5.75 Å². The predicted octanol–water partition coefficient (Wildman–Crippen LogP) is 0.00330. The Morgan fingerprint density at radius 2 is 2.10 bits per heavy atom. The third kappa shape index (κ3) is 3.59. The third-order valence-corrected chi connectivity index (χ3v) is 2.89. The Morgan fingerprint density at radius 1 is 1.43 bits per heavy atom. The summed E-state index contributed by atoms with van der Waals surface area (Å²) in [5.41, 5.74) is 0.461. The van der Waals surface area contributed by atoms with Crippen molar-refractivity contribution < 1.29 is 24.3 Å². The summed E-state index contributed by atoms with van der Waals surface area (Å²) in [7, 11) is 0.185. The molecule has 3 N–H and O–H groups in total. The lowest BCUT2D eigenvalue weighted by molar-refractivity contribution is 0.0416. The van der Waals surface area contributed by atoms with E-state index in [-0.39, 0.29) is 0 Å². The van der Waals surface area contributed by atoms with Gasteiger partial charge in [-0.1, -0.05) is 6.07 Å². The zero-order chi connectivity index (χ0) is 15.8. The first-order valence-electron chi connectivity index (χ1n) is 6.56. The summed E-state index contributed by atoms with van der Waals surface area (Å²) in [6.45, 7) is 5.32. The molecule has 1 aromatic rings. The van der Waals surface area contributed by atoms with Crippen molar-refractivity contribution in [2.45, 2.75) is 32.7 Å². The van der Waals surface area contributed by atoms with Gasteiger partial charge in [-0.15, -0.1) is 0 Å². The Hall–Kier alpha value is -1.93. The van der Waals surface area contributed by atoms with Gasteiger partial charge in [0, 0.05) is 7.05 Å². The number of alkyl carbamates (subject to hydrolysis) is 1. The van der Waals surface area contributed by atoms with E-state index in [0.29, 0.717) is 11.2 Å². The van der Waals surface area contributed by atoms with Gasteiger partial charge in [-0.2, -0.15) is 0 Å². The van der Waals surface area contributed by atoms with E-state index in [1.54, 1.807) is 44.9 Å². The van der Waals surface area contributed by atoms with Gasteiger partial charge in [0.25, 0.3) is 6.35 Å². The molecule has 7 nitrogen and oxygen atoms in total. The number of rotatable bonds is 2. The van der Waals surface area contributed by atoms with Crippen molar-refractivity contribution in [3.63, 3.8) is 0 Å². The normalized spacial score (nSPS) is 17.0. The second-order valence-electron chi connectivity index (χ2n) is 5.83. The molecule has 0 saturated heterocycles. The van der Waals surface area contributed by atoms with Crippen molar-refractivity contribution in [3.05, 3.63) is 18.2 Å². The summed E-state index contributed by atoms with van der Waals surface area (Å²) >= 11 is 0. The highest BCUT2D eigenvalue weighted by Crippen LogP contribution is 2.34. The highest BCUT2D eigenvalue weighted by Gasteiger charge is 2.31. The van der Waals surface area contributed by atoms with Crippen LogP contribution in [0.25, 0.3) is 0 Å². The molecule has 1 aromatic carbocycles. The van der Waals surface area contributed by atoms with E-state index >= 15 is 0 Å². The van der Waals surface area contributed by atoms with Crippen LogP contribution in [0.2, 0.25) is 0 Å². The zero-order valence-corrected chi connectivity index (χ0v) is 12.5. The van der Waals surface area contributed by atoms with Gasteiger partial charge in [-0.3, -0.25) is 5.32 Å². The van der Waals surface area contributed by atoms with Crippen LogP contribution in [0.3, 0.4) is 0 Å². The van der Waals surface area contributed by atoms with Crippen LogP contribution < -0.4 is 20.4 Å². The minimum atomic E-state index is -1.57. The Bertz CT molecular complexity index is 544. The van der Waals surface area contributed by atoms with E-state index in [1.807, 2.05) is 0 Å². The Kier molecular flexibility index (Phi) is 4.02.